The Kier molecular flexibility index (Phi) is 2.23. The molecule has 25 heavy (non-hydrogen) atoms. The molecule has 5 heteroatoms. The van der Waals surface area contributed by atoms with Crippen molar-refractivity contribution in [3.05, 3.63) is 23.2 Å². The second-order valence-corrected chi connectivity index (χ2v) is 8.55. The van der Waals surface area contributed by atoms with E-state index in [1.807, 2.05) is 0 Å². The van der Waals surface area contributed by atoms with Crippen molar-refractivity contribution in [2.75, 3.05) is 13.1 Å². The second-order valence-electron chi connectivity index (χ2n) is 8.55. The Bertz CT molecular complexity index is 901. The van der Waals surface area contributed by atoms with Gasteiger partial charge in [-0.1, -0.05) is 6.04 Å². The van der Waals surface area contributed by atoms with Gasteiger partial charge in [-0.05, 0) is 56.2 Å². The van der Waals surface area contributed by atoms with Gasteiger partial charge in [0.1, 0.15) is 0 Å². The van der Waals surface area contributed by atoms with Crippen molar-refractivity contribution < 1.29 is 22.5 Å². The summed E-state index contributed by atoms with van der Waals surface area (Å²) in [4.78, 5) is 15.1. The molecule has 5 aliphatic rings. The van der Waals surface area contributed by atoms with Crippen molar-refractivity contribution >= 4 is 5.78 Å². The molecule has 0 radical (unpaired) electrons. The zero-order valence-electron chi connectivity index (χ0n) is 16.0. The van der Waals surface area contributed by atoms with Crippen LogP contribution in [0, 0.1) is 5.92 Å². The first kappa shape index (κ1) is 12.7. The normalized spacial score (nSPS) is 42.5. The second kappa shape index (κ2) is 4.38. The quantitative estimate of drug-likeness (QED) is 0.852. The molecule has 132 valence electrons. The SMILES string of the molecule is [2H]c1c([2H])c2c3c(c1O)O[C@H]1C(=O)CC[C@@]4(O)[C@@H](C2)N(CC2CC2)CC[C@]314. The number of piperidine rings is 1. The highest BCUT2D eigenvalue weighted by atomic mass is 16.5. The summed E-state index contributed by atoms with van der Waals surface area (Å²) in [5.74, 6) is 0.438. The number of phenols is 1. The van der Waals surface area contributed by atoms with E-state index in [9.17, 15) is 15.0 Å². The van der Waals surface area contributed by atoms with E-state index >= 15 is 0 Å². The Morgan fingerprint density at radius 2 is 2.20 bits per heavy atom. The van der Waals surface area contributed by atoms with Crippen LogP contribution in [-0.2, 0) is 16.6 Å². The Morgan fingerprint density at radius 1 is 1.36 bits per heavy atom. The number of Topliss-reactive ketones (excluding diaryl/α,β-unsaturated/α-hetero) is 1. The van der Waals surface area contributed by atoms with Crippen molar-refractivity contribution in [1.29, 1.82) is 0 Å². The van der Waals surface area contributed by atoms with Gasteiger partial charge in [0.05, 0.1) is 13.8 Å². The summed E-state index contributed by atoms with van der Waals surface area (Å²) in [6.07, 6.45) is 3.36. The number of ketones is 1. The average molecular weight is 343 g/mol. The smallest absolute Gasteiger partial charge is 0.174 e. The van der Waals surface area contributed by atoms with Crippen LogP contribution in [0.1, 0.15) is 46.0 Å². The average Bonchev–Trinajstić information content (AvgIpc) is 3.38. The molecule has 1 saturated heterocycles. The fourth-order valence-corrected chi connectivity index (χ4v) is 6.11. The van der Waals surface area contributed by atoms with Crippen LogP contribution in [-0.4, -0.2) is 51.7 Å². The number of nitrogens with zero attached hydrogens (tertiary/aromatic N) is 1. The molecular formula is C20H23NO4. The van der Waals surface area contributed by atoms with E-state index in [4.69, 9.17) is 7.48 Å². The van der Waals surface area contributed by atoms with Crippen LogP contribution in [0.3, 0.4) is 0 Å². The standard InChI is InChI=1S/C20H23NO4/c22-13-4-3-12-9-15-20(24)6-5-14(23)18-19(20,16(12)17(13)25-18)7-8-21(15)10-11-1-2-11/h3-4,11,15,18,22,24H,1-2,5-10H2/t15-,18+,19+,20-/m1/s1/i3D,4D. The zero-order valence-corrected chi connectivity index (χ0v) is 14.0. The molecule has 0 amide bonds. The van der Waals surface area contributed by atoms with Gasteiger partial charge >= 0.3 is 0 Å². The Balaban J connectivity index is 1.62. The third-order valence-electron chi connectivity index (χ3n) is 7.40. The van der Waals surface area contributed by atoms with Crippen LogP contribution in [0.15, 0.2) is 12.1 Å². The highest BCUT2D eigenvalue weighted by Gasteiger charge is 2.73. The number of benzene rings is 1. The van der Waals surface area contributed by atoms with Gasteiger partial charge in [-0.2, -0.15) is 0 Å². The molecule has 1 aromatic carbocycles. The summed E-state index contributed by atoms with van der Waals surface area (Å²) in [7, 11) is 0. The lowest BCUT2D eigenvalue weighted by atomic mass is 9.49. The highest BCUT2D eigenvalue weighted by Crippen LogP contribution is 2.64. The monoisotopic (exact) mass is 343 g/mol. The number of ether oxygens (including phenoxy) is 1. The van der Waals surface area contributed by atoms with Gasteiger partial charge in [0.15, 0.2) is 23.4 Å². The van der Waals surface area contributed by atoms with E-state index < -0.39 is 17.1 Å². The van der Waals surface area contributed by atoms with E-state index in [0.29, 0.717) is 36.3 Å². The minimum Gasteiger partial charge on any atom is -0.504 e. The summed E-state index contributed by atoms with van der Waals surface area (Å²) < 4.78 is 22.6. The van der Waals surface area contributed by atoms with Gasteiger partial charge in [0.25, 0.3) is 0 Å². The highest BCUT2D eigenvalue weighted by molar-refractivity contribution is 5.90. The van der Waals surface area contributed by atoms with Crippen LogP contribution in [0.25, 0.3) is 0 Å². The van der Waals surface area contributed by atoms with Crippen LogP contribution >= 0.6 is 0 Å². The molecule has 4 atom stereocenters. The number of aliphatic hydroxyl groups is 1. The number of aromatic hydroxyl groups is 1. The van der Waals surface area contributed by atoms with Gasteiger partial charge in [-0.3, -0.25) is 9.69 Å². The molecule has 3 aliphatic carbocycles. The first-order chi connectivity index (χ1) is 12.9. The maximum absolute atomic E-state index is 12.8. The predicted octanol–water partition coefficient (Wildman–Crippen LogP) is 1.53. The van der Waals surface area contributed by atoms with Gasteiger partial charge in [-0.15, -0.1) is 0 Å². The summed E-state index contributed by atoms with van der Waals surface area (Å²) in [6.45, 7) is 1.73. The number of carbonyl (C=O) groups is 1. The van der Waals surface area contributed by atoms with E-state index in [1.165, 1.54) is 12.8 Å². The molecule has 1 aromatic rings. The number of hydrogen-bond acceptors (Lipinski definition) is 5. The molecular weight excluding hydrogens is 318 g/mol. The predicted molar refractivity (Wildman–Crippen MR) is 89.8 cm³/mol. The van der Waals surface area contributed by atoms with E-state index in [-0.39, 0.29) is 41.8 Å². The van der Waals surface area contributed by atoms with Gasteiger partial charge in [0, 0.05) is 24.6 Å². The van der Waals surface area contributed by atoms with Crippen LogP contribution < -0.4 is 4.74 Å². The summed E-state index contributed by atoms with van der Waals surface area (Å²) in [5.41, 5.74) is -0.667. The molecule has 3 fully saturated rings. The molecule has 2 bridgehead atoms. The number of carbonyl (C=O) groups excluding carboxylic acids is 1. The third kappa shape index (κ3) is 1.56. The number of likely N-dealkylation sites (tertiary alicyclic amines) is 1. The fraction of sp³-hybridized carbons (Fsp3) is 0.650. The van der Waals surface area contributed by atoms with Gasteiger partial charge in [-0.25, -0.2) is 0 Å². The molecule has 2 aliphatic heterocycles. The molecule has 5 nitrogen and oxygen atoms in total. The fourth-order valence-electron chi connectivity index (χ4n) is 6.11. The lowest BCUT2D eigenvalue weighted by Gasteiger charge is -2.62. The lowest BCUT2D eigenvalue weighted by Crippen LogP contribution is -2.76. The van der Waals surface area contributed by atoms with Gasteiger partial charge < -0.3 is 14.9 Å². The molecule has 0 aromatic heterocycles. The van der Waals surface area contributed by atoms with Crippen molar-refractivity contribution in [3.63, 3.8) is 0 Å². The van der Waals surface area contributed by atoms with Crippen molar-refractivity contribution in [2.24, 2.45) is 5.92 Å². The van der Waals surface area contributed by atoms with Crippen molar-refractivity contribution in [1.82, 2.24) is 4.90 Å². The third-order valence-corrected chi connectivity index (χ3v) is 7.40. The van der Waals surface area contributed by atoms with Crippen LogP contribution in [0.2, 0.25) is 0 Å². The first-order valence-corrected chi connectivity index (χ1v) is 9.40. The largest absolute Gasteiger partial charge is 0.504 e. The van der Waals surface area contributed by atoms with E-state index in [1.54, 1.807) is 0 Å². The summed E-state index contributed by atoms with van der Waals surface area (Å²) in [6, 6.07) is -0.408. The topological polar surface area (TPSA) is 70.0 Å². The molecule has 2 saturated carbocycles. The number of rotatable bonds is 2. The minimum atomic E-state index is -1.10. The first-order valence-electron chi connectivity index (χ1n) is 10.4. The van der Waals surface area contributed by atoms with Crippen LogP contribution in [0.5, 0.6) is 11.5 Å². The Labute approximate surface area is 149 Å². The van der Waals surface area contributed by atoms with Gasteiger partial charge in [0.2, 0.25) is 0 Å². The maximum atomic E-state index is 12.8. The van der Waals surface area contributed by atoms with E-state index in [2.05, 4.69) is 4.90 Å². The molecule has 2 heterocycles. The molecule has 2 N–H and O–H groups in total. The van der Waals surface area contributed by atoms with Crippen molar-refractivity contribution in [2.45, 2.75) is 61.7 Å². The lowest BCUT2D eigenvalue weighted by molar-refractivity contribution is -0.188. The maximum Gasteiger partial charge on any atom is 0.174 e. The number of hydrogen-bond donors (Lipinski definition) is 2. The zero-order chi connectivity index (χ0) is 18.7. The Morgan fingerprint density at radius 3 is 3.00 bits per heavy atom. The Hall–Kier alpha value is -1.59. The number of phenolic OH excluding ortho intramolecular Hbond substituents is 1. The summed E-state index contributed by atoms with van der Waals surface area (Å²) in [5, 5.41) is 22.5. The van der Waals surface area contributed by atoms with Crippen molar-refractivity contribution in [3.8, 4) is 11.5 Å². The minimum absolute atomic E-state index is 0.00761. The molecule has 0 unspecified atom stereocenters. The molecule has 6 rings (SSSR count). The van der Waals surface area contributed by atoms with Crippen LogP contribution in [0.4, 0.5) is 0 Å². The van der Waals surface area contributed by atoms with E-state index in [0.717, 1.165) is 13.1 Å². The summed E-state index contributed by atoms with van der Waals surface area (Å²) >= 11 is 0. The molecule has 1 spiro atoms.